The molecule has 2 N–H and O–H groups in total. The van der Waals surface area contributed by atoms with E-state index >= 15 is 0 Å². The van der Waals surface area contributed by atoms with Crippen molar-refractivity contribution in [1.29, 1.82) is 0 Å². The van der Waals surface area contributed by atoms with Crippen molar-refractivity contribution in [2.24, 2.45) is 5.41 Å². The van der Waals surface area contributed by atoms with Gasteiger partial charge in [-0.05, 0) is 38.6 Å². The van der Waals surface area contributed by atoms with E-state index in [4.69, 9.17) is 0 Å². The zero-order valence-electron chi connectivity index (χ0n) is 12.6. The zero-order valence-corrected chi connectivity index (χ0v) is 12.6. The van der Waals surface area contributed by atoms with Crippen LogP contribution in [0.2, 0.25) is 0 Å². The number of carbonyl (C=O) groups excluding carboxylic acids is 2. The van der Waals surface area contributed by atoms with E-state index in [9.17, 15) is 9.59 Å². The Balaban J connectivity index is 1.82. The molecule has 2 amide bonds. The molecule has 1 saturated carbocycles. The van der Waals surface area contributed by atoms with Crippen LogP contribution in [0.1, 0.15) is 18.4 Å². The Morgan fingerprint density at radius 1 is 1.29 bits per heavy atom. The van der Waals surface area contributed by atoms with Crippen molar-refractivity contribution in [3.05, 3.63) is 30.1 Å². The van der Waals surface area contributed by atoms with E-state index < -0.39 is 5.41 Å². The number of pyridine rings is 1. The third-order valence-electron chi connectivity index (χ3n) is 3.64. The second-order valence-corrected chi connectivity index (χ2v) is 5.69. The van der Waals surface area contributed by atoms with Gasteiger partial charge in [0.25, 0.3) is 0 Å². The van der Waals surface area contributed by atoms with Gasteiger partial charge in [-0.15, -0.1) is 0 Å². The van der Waals surface area contributed by atoms with Gasteiger partial charge in [0.05, 0.1) is 0 Å². The lowest BCUT2D eigenvalue weighted by molar-refractivity contribution is -0.137. The van der Waals surface area contributed by atoms with Gasteiger partial charge in [-0.2, -0.15) is 0 Å². The second kappa shape index (κ2) is 6.67. The van der Waals surface area contributed by atoms with Crippen molar-refractivity contribution in [2.45, 2.75) is 19.4 Å². The molecule has 0 unspecified atom stereocenters. The third-order valence-corrected chi connectivity index (χ3v) is 3.64. The summed E-state index contributed by atoms with van der Waals surface area (Å²) >= 11 is 0. The minimum absolute atomic E-state index is 0.159. The fraction of sp³-hybridized carbons (Fsp3) is 0.533. The van der Waals surface area contributed by atoms with Gasteiger partial charge in [0.2, 0.25) is 11.8 Å². The fourth-order valence-electron chi connectivity index (χ4n) is 2.10. The van der Waals surface area contributed by atoms with E-state index in [0.29, 0.717) is 25.9 Å². The van der Waals surface area contributed by atoms with Crippen LogP contribution in [0.15, 0.2) is 24.5 Å². The standard InChI is InChI=1S/C15H22N4O2/c1-19(2)9-8-17-13(20)15(5-6-15)14(21)18-11-12-4-3-7-16-10-12/h3-4,7,10H,5-6,8-9,11H2,1-2H3,(H,17,20)(H,18,21). The number of aromatic nitrogens is 1. The molecule has 0 radical (unpaired) electrons. The second-order valence-electron chi connectivity index (χ2n) is 5.69. The molecule has 2 rings (SSSR count). The summed E-state index contributed by atoms with van der Waals surface area (Å²) in [4.78, 5) is 30.4. The van der Waals surface area contributed by atoms with E-state index in [1.54, 1.807) is 12.4 Å². The van der Waals surface area contributed by atoms with Gasteiger partial charge in [-0.1, -0.05) is 6.07 Å². The molecule has 1 aromatic rings. The number of amides is 2. The SMILES string of the molecule is CN(C)CCNC(=O)C1(C(=O)NCc2cccnc2)CC1. The highest BCUT2D eigenvalue weighted by molar-refractivity contribution is 6.07. The van der Waals surface area contributed by atoms with Crippen molar-refractivity contribution in [2.75, 3.05) is 27.2 Å². The van der Waals surface area contributed by atoms with Gasteiger partial charge < -0.3 is 15.5 Å². The lowest BCUT2D eigenvalue weighted by Crippen LogP contribution is -2.44. The summed E-state index contributed by atoms with van der Waals surface area (Å²) in [5.74, 6) is -0.346. The van der Waals surface area contributed by atoms with Crippen molar-refractivity contribution in [3.63, 3.8) is 0 Å². The third kappa shape index (κ3) is 4.01. The quantitative estimate of drug-likeness (QED) is 0.701. The normalized spacial score (nSPS) is 15.6. The molecule has 1 aliphatic rings. The number of likely N-dealkylation sites (N-methyl/N-ethyl adjacent to an activating group) is 1. The predicted octanol–water partition coefficient (Wildman–Crippen LogP) is 0.156. The van der Waals surface area contributed by atoms with Crippen molar-refractivity contribution >= 4 is 11.8 Å². The minimum atomic E-state index is -0.853. The Kier molecular flexibility index (Phi) is 4.90. The molecule has 0 atom stereocenters. The Bertz CT molecular complexity index is 498. The Morgan fingerprint density at radius 2 is 2.00 bits per heavy atom. The van der Waals surface area contributed by atoms with Gasteiger partial charge in [0, 0.05) is 32.0 Å². The van der Waals surface area contributed by atoms with Crippen LogP contribution in [0.25, 0.3) is 0 Å². The number of nitrogens with zero attached hydrogens (tertiary/aromatic N) is 2. The van der Waals surface area contributed by atoms with E-state index in [1.165, 1.54) is 0 Å². The van der Waals surface area contributed by atoms with Crippen LogP contribution in [-0.2, 0) is 16.1 Å². The maximum Gasteiger partial charge on any atom is 0.235 e. The molecule has 0 saturated heterocycles. The lowest BCUT2D eigenvalue weighted by Gasteiger charge is -2.16. The Hall–Kier alpha value is -1.95. The maximum atomic E-state index is 12.2. The molecule has 1 aromatic heterocycles. The van der Waals surface area contributed by atoms with E-state index in [2.05, 4.69) is 15.6 Å². The van der Waals surface area contributed by atoms with Crippen LogP contribution >= 0.6 is 0 Å². The van der Waals surface area contributed by atoms with Crippen molar-refractivity contribution in [3.8, 4) is 0 Å². The molecule has 1 aliphatic carbocycles. The summed E-state index contributed by atoms with van der Waals surface area (Å²) < 4.78 is 0. The monoisotopic (exact) mass is 290 g/mol. The van der Waals surface area contributed by atoms with Crippen LogP contribution in [0, 0.1) is 5.41 Å². The van der Waals surface area contributed by atoms with Crippen LogP contribution < -0.4 is 10.6 Å². The summed E-state index contributed by atoms with van der Waals surface area (Å²) in [6, 6.07) is 3.71. The van der Waals surface area contributed by atoms with Crippen molar-refractivity contribution < 1.29 is 9.59 Å². The molecule has 0 bridgehead atoms. The first-order chi connectivity index (χ1) is 10.0. The van der Waals surface area contributed by atoms with E-state index in [0.717, 1.165) is 12.1 Å². The number of nitrogens with one attached hydrogen (secondary N) is 2. The highest BCUT2D eigenvalue weighted by Crippen LogP contribution is 2.46. The largest absolute Gasteiger partial charge is 0.354 e. The van der Waals surface area contributed by atoms with Crippen LogP contribution in [-0.4, -0.2) is 48.9 Å². The Labute approximate surface area is 124 Å². The van der Waals surface area contributed by atoms with Crippen LogP contribution in [0.4, 0.5) is 0 Å². The van der Waals surface area contributed by atoms with Crippen LogP contribution in [0.3, 0.4) is 0 Å². The average Bonchev–Trinajstić information content (AvgIpc) is 3.27. The topological polar surface area (TPSA) is 74.3 Å². The lowest BCUT2D eigenvalue weighted by atomic mass is 10.1. The molecule has 0 aliphatic heterocycles. The molecular weight excluding hydrogens is 268 g/mol. The number of carbonyl (C=O) groups is 2. The minimum Gasteiger partial charge on any atom is -0.354 e. The summed E-state index contributed by atoms with van der Waals surface area (Å²) in [6.07, 6.45) is 4.64. The first kappa shape index (κ1) is 15.4. The van der Waals surface area contributed by atoms with Gasteiger partial charge >= 0.3 is 0 Å². The van der Waals surface area contributed by atoms with Crippen LogP contribution in [0.5, 0.6) is 0 Å². The van der Waals surface area contributed by atoms with E-state index in [1.807, 2.05) is 31.1 Å². The highest BCUT2D eigenvalue weighted by Gasteiger charge is 2.56. The van der Waals surface area contributed by atoms with Gasteiger partial charge in [0.1, 0.15) is 5.41 Å². The molecule has 1 heterocycles. The molecule has 21 heavy (non-hydrogen) atoms. The average molecular weight is 290 g/mol. The molecule has 114 valence electrons. The Morgan fingerprint density at radius 3 is 2.57 bits per heavy atom. The number of hydrogen-bond acceptors (Lipinski definition) is 4. The molecule has 0 spiro atoms. The van der Waals surface area contributed by atoms with Gasteiger partial charge in [-0.25, -0.2) is 0 Å². The van der Waals surface area contributed by atoms with Gasteiger partial charge in [-0.3, -0.25) is 14.6 Å². The predicted molar refractivity (Wildman–Crippen MR) is 79.3 cm³/mol. The summed E-state index contributed by atoms with van der Waals surface area (Å²) in [7, 11) is 3.89. The summed E-state index contributed by atoms with van der Waals surface area (Å²) in [6.45, 7) is 1.72. The highest BCUT2D eigenvalue weighted by atomic mass is 16.2. The number of rotatable bonds is 7. The van der Waals surface area contributed by atoms with Gasteiger partial charge in [0.15, 0.2) is 0 Å². The molecule has 0 aromatic carbocycles. The zero-order chi connectivity index (χ0) is 15.3. The first-order valence-electron chi connectivity index (χ1n) is 7.15. The molecule has 6 heteroatoms. The first-order valence-corrected chi connectivity index (χ1v) is 7.15. The molecule has 1 fully saturated rings. The molecule has 6 nitrogen and oxygen atoms in total. The maximum absolute atomic E-state index is 12.2. The summed E-state index contributed by atoms with van der Waals surface area (Å²) in [5.41, 5.74) is 0.0730. The fourth-order valence-corrected chi connectivity index (χ4v) is 2.10. The van der Waals surface area contributed by atoms with Crippen molar-refractivity contribution in [1.82, 2.24) is 20.5 Å². The smallest absolute Gasteiger partial charge is 0.235 e. The summed E-state index contributed by atoms with van der Waals surface area (Å²) in [5, 5.41) is 5.67. The molecular formula is C15H22N4O2. The number of hydrogen-bond donors (Lipinski definition) is 2. The van der Waals surface area contributed by atoms with E-state index in [-0.39, 0.29) is 11.8 Å².